The summed E-state index contributed by atoms with van der Waals surface area (Å²) >= 11 is 0. The van der Waals surface area contributed by atoms with Gasteiger partial charge in [0, 0.05) is 0 Å². The number of carbonyl (C=O) groups is 1. The van der Waals surface area contributed by atoms with Crippen molar-refractivity contribution in [1.29, 1.82) is 0 Å². The quantitative estimate of drug-likeness (QED) is 0.219. The molecule has 0 N–H and O–H groups in total. The van der Waals surface area contributed by atoms with Gasteiger partial charge >= 0.3 is 18.1 Å². The lowest BCUT2D eigenvalue weighted by atomic mass is 10.1. The van der Waals surface area contributed by atoms with E-state index in [9.17, 15) is 26.7 Å². The molecular formula is C15H23F5O2. The summed E-state index contributed by atoms with van der Waals surface area (Å²) in [5, 5.41) is 0. The molecule has 130 valence electrons. The molecule has 0 heterocycles. The maximum Gasteiger partial charge on any atom is 0.465 e. The second kappa shape index (κ2) is 10.6. The van der Waals surface area contributed by atoms with Gasteiger partial charge in [-0.15, -0.1) is 0 Å². The molecular weight excluding hydrogens is 307 g/mol. The summed E-state index contributed by atoms with van der Waals surface area (Å²) in [6.45, 7) is 1.70. The summed E-state index contributed by atoms with van der Waals surface area (Å²) < 4.78 is 64.6. The van der Waals surface area contributed by atoms with Gasteiger partial charge in [-0.05, 0) is 25.7 Å². The lowest BCUT2D eigenvalue weighted by Gasteiger charge is -2.17. The number of unbranched alkanes of at least 4 members (excludes halogenated alkanes) is 6. The molecule has 0 aromatic carbocycles. The minimum absolute atomic E-state index is 0.277. The normalized spacial score (nSPS) is 12.8. The molecule has 0 aliphatic rings. The van der Waals surface area contributed by atoms with Gasteiger partial charge in [-0.3, -0.25) is 0 Å². The molecule has 0 unspecified atom stereocenters. The van der Waals surface area contributed by atoms with Gasteiger partial charge in [0.1, 0.15) is 0 Å². The van der Waals surface area contributed by atoms with E-state index >= 15 is 0 Å². The summed E-state index contributed by atoms with van der Waals surface area (Å²) in [7, 11) is 0. The highest BCUT2D eigenvalue weighted by Crippen LogP contribution is 2.36. The van der Waals surface area contributed by atoms with Gasteiger partial charge in [0.2, 0.25) is 0 Å². The first-order chi connectivity index (χ1) is 10.2. The summed E-state index contributed by atoms with van der Waals surface area (Å²) in [5.74, 6) is -7.96. The predicted molar refractivity (Wildman–Crippen MR) is 73.7 cm³/mol. The molecule has 7 heteroatoms. The molecule has 0 saturated heterocycles. The predicted octanol–water partition coefficient (Wildman–Crippen LogP) is 5.42. The highest BCUT2D eigenvalue weighted by atomic mass is 19.4. The van der Waals surface area contributed by atoms with Crippen LogP contribution >= 0.6 is 0 Å². The largest absolute Gasteiger partial charge is 0.465 e. The van der Waals surface area contributed by atoms with E-state index in [1.54, 1.807) is 0 Å². The van der Waals surface area contributed by atoms with Crippen molar-refractivity contribution in [3.63, 3.8) is 0 Å². The molecule has 0 saturated carbocycles. The molecule has 2 nitrogen and oxygen atoms in total. The van der Waals surface area contributed by atoms with E-state index in [1.807, 2.05) is 0 Å². The van der Waals surface area contributed by atoms with Gasteiger partial charge in [0.05, 0.1) is 6.61 Å². The van der Waals surface area contributed by atoms with E-state index in [0.717, 1.165) is 38.5 Å². The van der Waals surface area contributed by atoms with Gasteiger partial charge in [-0.25, -0.2) is 4.79 Å². The van der Waals surface area contributed by atoms with Crippen molar-refractivity contribution in [2.45, 2.75) is 70.4 Å². The Kier molecular flexibility index (Phi) is 10.0. The SMILES string of the molecule is CCCC/C=C/CCCCCCOC(=O)C(F)(F)C(F)(F)F. The average Bonchev–Trinajstić information content (AvgIpc) is 2.43. The van der Waals surface area contributed by atoms with E-state index in [1.165, 1.54) is 0 Å². The molecule has 0 aliphatic carbocycles. The van der Waals surface area contributed by atoms with Crippen LogP contribution in [0.1, 0.15) is 58.3 Å². The Hall–Kier alpha value is -1.14. The third-order valence-electron chi connectivity index (χ3n) is 3.00. The Labute approximate surface area is 127 Å². The fourth-order valence-corrected chi connectivity index (χ4v) is 1.65. The first-order valence-corrected chi connectivity index (χ1v) is 7.50. The van der Waals surface area contributed by atoms with Crippen molar-refractivity contribution in [1.82, 2.24) is 0 Å². The molecule has 0 atom stereocenters. The minimum Gasteiger partial charge on any atom is -0.461 e. The zero-order chi connectivity index (χ0) is 17.1. The zero-order valence-electron chi connectivity index (χ0n) is 12.7. The molecule has 0 aromatic rings. The van der Waals surface area contributed by atoms with Gasteiger partial charge in [-0.1, -0.05) is 44.8 Å². The molecule has 0 spiro atoms. The standard InChI is InChI=1S/C15H23F5O2/c1-2-3-4-5-6-7-8-9-10-11-12-22-13(21)14(16,17)15(18,19)20/h5-6H,2-4,7-12H2,1H3/b6-5+. The Morgan fingerprint density at radius 1 is 0.909 bits per heavy atom. The van der Waals surface area contributed by atoms with Gasteiger partial charge in [0.15, 0.2) is 0 Å². The number of esters is 1. The fraction of sp³-hybridized carbons (Fsp3) is 0.800. The van der Waals surface area contributed by atoms with Gasteiger partial charge in [0.25, 0.3) is 0 Å². The van der Waals surface area contributed by atoms with Crippen molar-refractivity contribution >= 4 is 5.97 Å². The second-order valence-corrected chi connectivity index (χ2v) is 5.02. The lowest BCUT2D eigenvalue weighted by Crippen LogP contribution is -2.45. The number of ether oxygens (including phenoxy) is 1. The van der Waals surface area contributed by atoms with E-state index in [-0.39, 0.29) is 6.42 Å². The maximum atomic E-state index is 12.5. The number of halogens is 5. The van der Waals surface area contributed by atoms with Crippen LogP contribution in [0.25, 0.3) is 0 Å². The first kappa shape index (κ1) is 20.9. The Morgan fingerprint density at radius 3 is 2.00 bits per heavy atom. The summed E-state index contributed by atoms with van der Waals surface area (Å²) in [6.07, 6.45) is 5.18. The zero-order valence-corrected chi connectivity index (χ0v) is 12.7. The van der Waals surface area contributed by atoms with E-state index in [4.69, 9.17) is 0 Å². The number of carbonyl (C=O) groups excluding carboxylic acids is 1. The Balaban J connectivity index is 3.62. The van der Waals surface area contributed by atoms with E-state index in [0.29, 0.717) is 6.42 Å². The van der Waals surface area contributed by atoms with Crippen LogP contribution in [0, 0.1) is 0 Å². The van der Waals surface area contributed by atoms with Gasteiger partial charge in [-0.2, -0.15) is 22.0 Å². The summed E-state index contributed by atoms with van der Waals surface area (Å²) in [6, 6.07) is 0. The topological polar surface area (TPSA) is 26.3 Å². The molecule has 0 bridgehead atoms. The molecule has 0 aliphatic heterocycles. The number of alkyl halides is 5. The second-order valence-electron chi connectivity index (χ2n) is 5.02. The lowest BCUT2D eigenvalue weighted by molar-refractivity contribution is -0.280. The first-order valence-electron chi connectivity index (χ1n) is 7.50. The maximum absolute atomic E-state index is 12.5. The Bertz CT molecular complexity index is 337. The van der Waals surface area contributed by atoms with Crippen LogP contribution in [0.3, 0.4) is 0 Å². The summed E-state index contributed by atoms with van der Waals surface area (Å²) in [5.41, 5.74) is 0. The van der Waals surface area contributed by atoms with Crippen LogP contribution in [0.5, 0.6) is 0 Å². The monoisotopic (exact) mass is 330 g/mol. The fourth-order valence-electron chi connectivity index (χ4n) is 1.65. The minimum atomic E-state index is -5.91. The molecule has 0 amide bonds. The van der Waals surface area contributed by atoms with Crippen LogP contribution in [0.4, 0.5) is 22.0 Å². The number of hydrogen-bond acceptors (Lipinski definition) is 2. The van der Waals surface area contributed by atoms with Crippen LogP contribution in [-0.4, -0.2) is 24.7 Å². The Morgan fingerprint density at radius 2 is 1.45 bits per heavy atom. The van der Waals surface area contributed by atoms with Crippen LogP contribution < -0.4 is 0 Å². The third kappa shape index (κ3) is 8.34. The summed E-state index contributed by atoms with van der Waals surface area (Å²) in [4.78, 5) is 10.7. The van der Waals surface area contributed by atoms with E-state index < -0.39 is 24.7 Å². The average molecular weight is 330 g/mol. The number of rotatable bonds is 11. The smallest absolute Gasteiger partial charge is 0.461 e. The number of hydrogen-bond donors (Lipinski definition) is 0. The van der Waals surface area contributed by atoms with Crippen molar-refractivity contribution in [3.8, 4) is 0 Å². The highest BCUT2D eigenvalue weighted by Gasteiger charge is 2.64. The van der Waals surface area contributed by atoms with Crippen molar-refractivity contribution in [2.24, 2.45) is 0 Å². The molecule has 0 rings (SSSR count). The molecule has 0 aromatic heterocycles. The van der Waals surface area contributed by atoms with Crippen LogP contribution in [-0.2, 0) is 9.53 Å². The molecule has 22 heavy (non-hydrogen) atoms. The molecule has 0 fully saturated rings. The highest BCUT2D eigenvalue weighted by molar-refractivity contribution is 5.78. The van der Waals surface area contributed by atoms with Crippen molar-refractivity contribution in [3.05, 3.63) is 12.2 Å². The van der Waals surface area contributed by atoms with Crippen molar-refractivity contribution < 1.29 is 31.5 Å². The number of allylic oxidation sites excluding steroid dienone is 2. The van der Waals surface area contributed by atoms with Crippen LogP contribution in [0.15, 0.2) is 12.2 Å². The molecule has 0 radical (unpaired) electrons. The van der Waals surface area contributed by atoms with Gasteiger partial charge < -0.3 is 4.74 Å². The van der Waals surface area contributed by atoms with Crippen molar-refractivity contribution in [2.75, 3.05) is 6.61 Å². The third-order valence-corrected chi connectivity index (χ3v) is 3.00. The van der Waals surface area contributed by atoms with Crippen LogP contribution in [0.2, 0.25) is 0 Å². The van der Waals surface area contributed by atoms with E-state index in [2.05, 4.69) is 23.8 Å².